The highest BCUT2D eigenvalue weighted by molar-refractivity contribution is 9.10. The van der Waals surface area contributed by atoms with Gasteiger partial charge in [-0.3, -0.25) is 9.59 Å². The summed E-state index contributed by atoms with van der Waals surface area (Å²) in [6.07, 6.45) is 0.828. The summed E-state index contributed by atoms with van der Waals surface area (Å²) in [7, 11) is 0. The van der Waals surface area contributed by atoms with Crippen molar-refractivity contribution in [2.45, 2.75) is 32.9 Å². The molecule has 1 atom stereocenters. The maximum Gasteiger partial charge on any atom is 0.261 e. The van der Waals surface area contributed by atoms with Crippen molar-refractivity contribution in [3.63, 3.8) is 0 Å². The zero-order valence-electron chi connectivity index (χ0n) is 16.0. The molecular formula is C21H24BrClN2O3. The highest BCUT2D eigenvalue weighted by Crippen LogP contribution is 2.23. The van der Waals surface area contributed by atoms with Gasteiger partial charge in [-0.25, -0.2) is 0 Å². The fraction of sp³-hybridized carbons (Fsp3) is 0.333. The molecule has 0 spiro atoms. The van der Waals surface area contributed by atoms with E-state index in [1.54, 1.807) is 31.2 Å². The summed E-state index contributed by atoms with van der Waals surface area (Å²) in [6, 6.07) is 14.0. The number of benzene rings is 2. The van der Waals surface area contributed by atoms with Gasteiger partial charge < -0.3 is 15.0 Å². The molecule has 0 aliphatic heterocycles. The largest absolute Gasteiger partial charge is 0.482 e. The van der Waals surface area contributed by atoms with E-state index in [1.165, 1.54) is 4.90 Å². The van der Waals surface area contributed by atoms with Gasteiger partial charge in [0.1, 0.15) is 11.8 Å². The maximum absolute atomic E-state index is 12.9. The van der Waals surface area contributed by atoms with Crippen LogP contribution in [0, 0.1) is 0 Å². The smallest absolute Gasteiger partial charge is 0.261 e. The predicted octanol–water partition coefficient (Wildman–Crippen LogP) is 4.42. The number of nitrogens with zero attached hydrogens (tertiary/aromatic N) is 1. The molecule has 2 amide bonds. The SMILES string of the molecule is CCCNC(=O)[C@H](C)N(Cc1ccc(Br)cc1)C(=O)COc1ccccc1Cl. The normalized spacial score (nSPS) is 11.6. The first-order valence-corrected chi connectivity index (χ1v) is 10.3. The minimum absolute atomic E-state index is 0.190. The lowest BCUT2D eigenvalue weighted by atomic mass is 10.1. The molecular weight excluding hydrogens is 444 g/mol. The summed E-state index contributed by atoms with van der Waals surface area (Å²) in [4.78, 5) is 26.9. The van der Waals surface area contributed by atoms with Crippen molar-refractivity contribution in [1.29, 1.82) is 0 Å². The van der Waals surface area contributed by atoms with Gasteiger partial charge in [-0.15, -0.1) is 0 Å². The first-order valence-electron chi connectivity index (χ1n) is 9.11. The van der Waals surface area contributed by atoms with Crippen LogP contribution in [0.25, 0.3) is 0 Å². The zero-order chi connectivity index (χ0) is 20.5. The van der Waals surface area contributed by atoms with Gasteiger partial charge >= 0.3 is 0 Å². The van der Waals surface area contributed by atoms with Crippen molar-refractivity contribution in [1.82, 2.24) is 10.2 Å². The Hall–Kier alpha value is -2.05. The van der Waals surface area contributed by atoms with Crippen LogP contribution in [0.5, 0.6) is 5.75 Å². The van der Waals surface area contributed by atoms with E-state index in [9.17, 15) is 9.59 Å². The molecule has 0 aromatic heterocycles. The average molecular weight is 468 g/mol. The van der Waals surface area contributed by atoms with Crippen LogP contribution in [-0.2, 0) is 16.1 Å². The predicted molar refractivity (Wildman–Crippen MR) is 114 cm³/mol. The quantitative estimate of drug-likeness (QED) is 0.594. The second-order valence-electron chi connectivity index (χ2n) is 6.33. The van der Waals surface area contributed by atoms with Gasteiger partial charge in [-0.2, -0.15) is 0 Å². The van der Waals surface area contributed by atoms with Crippen LogP contribution < -0.4 is 10.1 Å². The van der Waals surface area contributed by atoms with E-state index in [2.05, 4.69) is 21.2 Å². The summed E-state index contributed by atoms with van der Waals surface area (Å²) < 4.78 is 6.53. The van der Waals surface area contributed by atoms with Gasteiger partial charge in [0, 0.05) is 17.6 Å². The van der Waals surface area contributed by atoms with Crippen LogP contribution in [0.1, 0.15) is 25.8 Å². The standard InChI is InChI=1S/C21H24BrClN2O3/c1-3-12-24-21(27)15(2)25(13-16-8-10-17(22)11-9-16)20(26)14-28-19-7-5-4-6-18(19)23/h4-11,15H,3,12-14H2,1-2H3,(H,24,27)/t15-/m0/s1. The zero-order valence-corrected chi connectivity index (χ0v) is 18.3. The highest BCUT2D eigenvalue weighted by Gasteiger charge is 2.26. The van der Waals surface area contributed by atoms with E-state index < -0.39 is 6.04 Å². The molecule has 2 aromatic carbocycles. The minimum atomic E-state index is -0.627. The van der Waals surface area contributed by atoms with Crippen molar-refractivity contribution >= 4 is 39.3 Å². The topological polar surface area (TPSA) is 58.6 Å². The summed E-state index contributed by atoms with van der Waals surface area (Å²) >= 11 is 9.49. The molecule has 2 rings (SSSR count). The van der Waals surface area contributed by atoms with Crippen LogP contribution in [0.4, 0.5) is 0 Å². The van der Waals surface area contributed by atoms with Crippen LogP contribution >= 0.6 is 27.5 Å². The Bertz CT molecular complexity index is 798. The van der Waals surface area contributed by atoms with Gasteiger partial charge in [-0.05, 0) is 43.2 Å². The lowest BCUT2D eigenvalue weighted by Crippen LogP contribution is -2.49. The molecule has 7 heteroatoms. The highest BCUT2D eigenvalue weighted by atomic mass is 79.9. The number of carbonyl (C=O) groups is 2. The molecule has 0 saturated heterocycles. The van der Waals surface area contributed by atoms with Crippen molar-refractivity contribution in [2.24, 2.45) is 0 Å². The van der Waals surface area contributed by atoms with Crippen molar-refractivity contribution in [3.05, 3.63) is 63.6 Å². The molecule has 0 heterocycles. The Morgan fingerprint density at radius 3 is 2.50 bits per heavy atom. The second-order valence-corrected chi connectivity index (χ2v) is 7.66. The third kappa shape index (κ3) is 6.53. The first-order chi connectivity index (χ1) is 13.4. The van der Waals surface area contributed by atoms with E-state index in [4.69, 9.17) is 16.3 Å². The molecule has 28 heavy (non-hydrogen) atoms. The first kappa shape index (κ1) is 22.2. The summed E-state index contributed by atoms with van der Waals surface area (Å²) in [5.41, 5.74) is 0.921. The van der Waals surface area contributed by atoms with E-state index in [-0.39, 0.29) is 18.4 Å². The number of hydrogen-bond donors (Lipinski definition) is 1. The second kappa shape index (κ2) is 11.1. The van der Waals surface area contributed by atoms with Crippen molar-refractivity contribution in [3.8, 4) is 5.75 Å². The fourth-order valence-electron chi connectivity index (χ4n) is 2.55. The van der Waals surface area contributed by atoms with Crippen LogP contribution in [-0.4, -0.2) is 35.9 Å². The average Bonchev–Trinajstić information content (AvgIpc) is 2.70. The molecule has 1 N–H and O–H groups in total. The number of amides is 2. The number of para-hydroxylation sites is 1. The maximum atomic E-state index is 12.9. The number of carbonyl (C=O) groups excluding carboxylic acids is 2. The van der Waals surface area contributed by atoms with Crippen LogP contribution in [0.15, 0.2) is 53.0 Å². The Labute approximate surface area is 179 Å². The molecule has 5 nitrogen and oxygen atoms in total. The Kier molecular flexibility index (Phi) is 8.80. The number of ether oxygens (including phenoxy) is 1. The third-order valence-corrected chi connectivity index (χ3v) is 5.01. The monoisotopic (exact) mass is 466 g/mol. The van der Waals surface area contributed by atoms with E-state index in [1.807, 2.05) is 31.2 Å². The van der Waals surface area contributed by atoms with Gasteiger partial charge in [0.2, 0.25) is 5.91 Å². The van der Waals surface area contributed by atoms with Gasteiger partial charge in [0.15, 0.2) is 6.61 Å². The fourth-order valence-corrected chi connectivity index (χ4v) is 3.00. The molecule has 0 radical (unpaired) electrons. The molecule has 2 aromatic rings. The lowest BCUT2D eigenvalue weighted by Gasteiger charge is -2.28. The molecule has 0 saturated carbocycles. The summed E-state index contributed by atoms with van der Waals surface area (Å²) in [5, 5.41) is 3.28. The van der Waals surface area contributed by atoms with E-state index in [0.29, 0.717) is 23.9 Å². The Balaban J connectivity index is 2.13. The minimum Gasteiger partial charge on any atom is -0.482 e. The number of rotatable bonds is 9. The molecule has 0 aliphatic rings. The van der Waals surface area contributed by atoms with Gasteiger partial charge in [0.05, 0.1) is 5.02 Å². The van der Waals surface area contributed by atoms with Gasteiger partial charge in [-0.1, -0.05) is 58.7 Å². The van der Waals surface area contributed by atoms with E-state index >= 15 is 0 Å². The molecule has 0 bridgehead atoms. The summed E-state index contributed by atoms with van der Waals surface area (Å²) in [6.45, 7) is 4.37. The Morgan fingerprint density at radius 1 is 1.18 bits per heavy atom. The summed E-state index contributed by atoms with van der Waals surface area (Å²) in [5.74, 6) is -0.0451. The van der Waals surface area contributed by atoms with Crippen LogP contribution in [0.3, 0.4) is 0 Å². The third-order valence-electron chi connectivity index (χ3n) is 4.17. The molecule has 0 unspecified atom stereocenters. The van der Waals surface area contributed by atoms with Crippen molar-refractivity contribution in [2.75, 3.05) is 13.2 Å². The number of hydrogen-bond acceptors (Lipinski definition) is 3. The number of halogens is 2. The lowest BCUT2D eigenvalue weighted by molar-refractivity contribution is -0.142. The molecule has 0 aliphatic carbocycles. The molecule has 150 valence electrons. The molecule has 0 fully saturated rings. The van der Waals surface area contributed by atoms with Gasteiger partial charge in [0.25, 0.3) is 5.91 Å². The van der Waals surface area contributed by atoms with E-state index in [0.717, 1.165) is 16.5 Å². The number of nitrogens with one attached hydrogen (secondary N) is 1. The van der Waals surface area contributed by atoms with Crippen molar-refractivity contribution < 1.29 is 14.3 Å². The van der Waals surface area contributed by atoms with Crippen LogP contribution in [0.2, 0.25) is 5.02 Å². The Morgan fingerprint density at radius 2 is 1.86 bits per heavy atom.